The lowest BCUT2D eigenvalue weighted by Gasteiger charge is -2.19. The Hall–Kier alpha value is -4.14. The van der Waals surface area contributed by atoms with Gasteiger partial charge in [0.05, 0.1) is 5.56 Å². The number of nitrogens with two attached hydrogens (primary N) is 1. The number of ether oxygens (including phenoxy) is 3. The van der Waals surface area contributed by atoms with E-state index in [-0.39, 0.29) is 35.2 Å². The molecule has 2 aromatic carbocycles. The van der Waals surface area contributed by atoms with Crippen LogP contribution in [0.3, 0.4) is 0 Å². The predicted octanol–water partition coefficient (Wildman–Crippen LogP) is 4.84. The van der Waals surface area contributed by atoms with Gasteiger partial charge in [-0.15, -0.1) is 0 Å². The summed E-state index contributed by atoms with van der Waals surface area (Å²) in [5.41, 5.74) is 5.45. The van der Waals surface area contributed by atoms with Gasteiger partial charge < -0.3 is 25.3 Å². The Kier molecular flexibility index (Phi) is 7.12. The largest absolute Gasteiger partial charge is 0.457 e. The molecule has 33 heavy (non-hydrogen) atoms. The van der Waals surface area contributed by atoms with Crippen molar-refractivity contribution in [1.82, 2.24) is 10.3 Å². The van der Waals surface area contributed by atoms with Crippen molar-refractivity contribution in [2.24, 2.45) is 0 Å². The van der Waals surface area contributed by atoms with Crippen LogP contribution in [0.2, 0.25) is 0 Å². The number of hydrogen-bond donors (Lipinski definition) is 2. The molecule has 8 nitrogen and oxygen atoms in total. The summed E-state index contributed by atoms with van der Waals surface area (Å²) in [6.07, 6.45) is 0.674. The summed E-state index contributed by atoms with van der Waals surface area (Å²) in [6, 6.07) is 14.4. The number of carbonyl (C=O) groups is 2. The van der Waals surface area contributed by atoms with Gasteiger partial charge in [0.2, 0.25) is 5.88 Å². The predicted molar refractivity (Wildman–Crippen MR) is 120 cm³/mol. The van der Waals surface area contributed by atoms with Crippen LogP contribution in [0, 0.1) is 5.82 Å². The standard InChI is InChI=1S/C24H24FN3O5/c1-24(2,3)28-23(30)33-19-13-16(11-12-27-19)32-18-10-9-17(20(25)21(18)26)22(29)31-14-15-7-5-4-6-8-15/h4-13H,14,26H2,1-3H3,(H,28,30). The van der Waals surface area contributed by atoms with E-state index in [1.165, 1.54) is 30.5 Å². The molecule has 1 amide bonds. The van der Waals surface area contributed by atoms with Gasteiger partial charge >= 0.3 is 12.1 Å². The van der Waals surface area contributed by atoms with E-state index in [1.54, 1.807) is 45.0 Å². The molecule has 0 spiro atoms. The van der Waals surface area contributed by atoms with Crippen molar-refractivity contribution >= 4 is 17.7 Å². The van der Waals surface area contributed by atoms with E-state index in [4.69, 9.17) is 19.9 Å². The molecule has 3 N–H and O–H groups in total. The SMILES string of the molecule is CC(C)(C)NC(=O)Oc1cc(Oc2ccc(C(=O)OCc3ccccc3)c(F)c2N)ccn1. The van der Waals surface area contributed by atoms with Crippen LogP contribution < -0.4 is 20.5 Å². The molecule has 1 heterocycles. The molecular weight excluding hydrogens is 429 g/mol. The van der Waals surface area contributed by atoms with E-state index in [1.807, 2.05) is 6.07 Å². The molecule has 0 radical (unpaired) electrons. The van der Waals surface area contributed by atoms with Crippen molar-refractivity contribution in [1.29, 1.82) is 0 Å². The number of hydrogen-bond acceptors (Lipinski definition) is 7. The summed E-state index contributed by atoms with van der Waals surface area (Å²) in [5.74, 6) is -1.65. The third-order valence-electron chi connectivity index (χ3n) is 4.18. The number of esters is 1. The molecule has 0 saturated carbocycles. The summed E-state index contributed by atoms with van der Waals surface area (Å²) in [4.78, 5) is 28.1. The summed E-state index contributed by atoms with van der Waals surface area (Å²) < 4.78 is 30.6. The molecule has 0 saturated heterocycles. The molecule has 0 unspecified atom stereocenters. The number of benzene rings is 2. The number of anilines is 1. The average molecular weight is 453 g/mol. The van der Waals surface area contributed by atoms with Crippen LogP contribution in [0.1, 0.15) is 36.7 Å². The molecule has 0 aliphatic heterocycles. The van der Waals surface area contributed by atoms with Gasteiger partial charge in [-0.25, -0.2) is 19.0 Å². The molecule has 0 bridgehead atoms. The van der Waals surface area contributed by atoms with Crippen LogP contribution in [0.25, 0.3) is 0 Å². The number of nitrogens with one attached hydrogen (secondary N) is 1. The molecule has 3 aromatic rings. The minimum atomic E-state index is -0.958. The summed E-state index contributed by atoms with van der Waals surface area (Å²) in [7, 11) is 0. The highest BCUT2D eigenvalue weighted by Gasteiger charge is 2.20. The van der Waals surface area contributed by atoms with Crippen LogP contribution in [0.15, 0.2) is 60.8 Å². The highest BCUT2D eigenvalue weighted by molar-refractivity contribution is 5.91. The minimum absolute atomic E-state index is 0.000146. The van der Waals surface area contributed by atoms with Gasteiger partial charge in [-0.1, -0.05) is 30.3 Å². The first-order valence-electron chi connectivity index (χ1n) is 10.1. The first-order valence-corrected chi connectivity index (χ1v) is 10.1. The van der Waals surface area contributed by atoms with Crippen LogP contribution in [0.5, 0.6) is 17.4 Å². The summed E-state index contributed by atoms with van der Waals surface area (Å²) in [5, 5.41) is 2.64. The molecule has 0 atom stereocenters. The number of pyridine rings is 1. The van der Waals surface area contributed by atoms with Gasteiger partial charge in [0.15, 0.2) is 11.6 Å². The van der Waals surface area contributed by atoms with Crippen LogP contribution in [-0.2, 0) is 11.3 Å². The molecule has 1 aromatic heterocycles. The van der Waals surface area contributed by atoms with E-state index in [0.717, 1.165) is 5.56 Å². The van der Waals surface area contributed by atoms with Gasteiger partial charge in [0.25, 0.3) is 0 Å². The number of amides is 1. The zero-order chi connectivity index (χ0) is 24.0. The van der Waals surface area contributed by atoms with Gasteiger partial charge in [-0.2, -0.15) is 0 Å². The number of rotatable bonds is 6. The van der Waals surface area contributed by atoms with Gasteiger partial charge in [-0.3, -0.25) is 0 Å². The van der Waals surface area contributed by atoms with E-state index < -0.39 is 23.4 Å². The Morgan fingerprint density at radius 1 is 1.09 bits per heavy atom. The molecular formula is C24H24FN3O5. The molecule has 9 heteroatoms. The second-order valence-electron chi connectivity index (χ2n) is 8.10. The molecule has 0 aliphatic carbocycles. The maximum atomic E-state index is 14.8. The number of carbonyl (C=O) groups excluding carboxylic acids is 2. The van der Waals surface area contributed by atoms with Crippen LogP contribution in [0.4, 0.5) is 14.9 Å². The number of aromatic nitrogens is 1. The molecule has 0 fully saturated rings. The van der Waals surface area contributed by atoms with E-state index in [2.05, 4.69) is 10.3 Å². The lowest BCUT2D eigenvalue weighted by atomic mass is 10.1. The smallest absolute Gasteiger partial charge is 0.414 e. The van der Waals surface area contributed by atoms with Crippen molar-refractivity contribution in [3.05, 3.63) is 77.7 Å². The first kappa shape index (κ1) is 23.5. The Bertz CT molecular complexity index is 1150. The number of nitrogens with zero attached hydrogens (tertiary/aromatic N) is 1. The minimum Gasteiger partial charge on any atom is -0.457 e. The highest BCUT2D eigenvalue weighted by atomic mass is 19.1. The van der Waals surface area contributed by atoms with Crippen LogP contribution in [-0.4, -0.2) is 22.6 Å². The van der Waals surface area contributed by atoms with Crippen molar-refractivity contribution in [2.75, 3.05) is 5.73 Å². The zero-order valence-corrected chi connectivity index (χ0v) is 18.4. The molecule has 172 valence electrons. The summed E-state index contributed by atoms with van der Waals surface area (Å²) >= 11 is 0. The average Bonchev–Trinajstić information content (AvgIpc) is 2.75. The fourth-order valence-electron chi connectivity index (χ4n) is 2.69. The number of nitrogen functional groups attached to an aromatic ring is 1. The Morgan fingerprint density at radius 2 is 1.82 bits per heavy atom. The van der Waals surface area contributed by atoms with E-state index in [9.17, 15) is 14.0 Å². The Labute approximate surface area is 190 Å². The Balaban J connectivity index is 1.69. The maximum Gasteiger partial charge on any atom is 0.414 e. The maximum absolute atomic E-state index is 14.8. The van der Waals surface area contributed by atoms with E-state index >= 15 is 0 Å². The Morgan fingerprint density at radius 3 is 2.52 bits per heavy atom. The number of halogens is 1. The van der Waals surface area contributed by atoms with Crippen LogP contribution >= 0.6 is 0 Å². The first-order chi connectivity index (χ1) is 15.6. The fourth-order valence-corrected chi connectivity index (χ4v) is 2.69. The quantitative estimate of drug-likeness (QED) is 0.406. The van der Waals surface area contributed by atoms with Crippen molar-refractivity contribution < 1.29 is 28.2 Å². The van der Waals surface area contributed by atoms with Crippen molar-refractivity contribution in [3.8, 4) is 17.4 Å². The molecule has 0 aliphatic rings. The second kappa shape index (κ2) is 9.99. The van der Waals surface area contributed by atoms with Gasteiger partial charge in [0.1, 0.15) is 18.0 Å². The third-order valence-corrected chi connectivity index (χ3v) is 4.18. The lowest BCUT2D eigenvalue weighted by molar-refractivity contribution is 0.0467. The normalized spacial score (nSPS) is 10.9. The third kappa shape index (κ3) is 6.67. The van der Waals surface area contributed by atoms with Crippen molar-refractivity contribution in [3.63, 3.8) is 0 Å². The summed E-state index contributed by atoms with van der Waals surface area (Å²) in [6.45, 7) is 5.42. The fraction of sp³-hybridized carbons (Fsp3) is 0.208. The van der Waals surface area contributed by atoms with E-state index in [0.29, 0.717) is 0 Å². The highest BCUT2D eigenvalue weighted by Crippen LogP contribution is 2.32. The monoisotopic (exact) mass is 453 g/mol. The van der Waals surface area contributed by atoms with Gasteiger partial charge in [-0.05, 0) is 44.5 Å². The second-order valence-corrected chi connectivity index (χ2v) is 8.10. The van der Waals surface area contributed by atoms with Crippen molar-refractivity contribution in [2.45, 2.75) is 32.9 Å². The zero-order valence-electron chi connectivity index (χ0n) is 18.4. The lowest BCUT2D eigenvalue weighted by Crippen LogP contribution is -2.42. The topological polar surface area (TPSA) is 113 Å². The van der Waals surface area contributed by atoms with Gasteiger partial charge in [0, 0.05) is 17.8 Å². The molecule has 3 rings (SSSR count).